The number of hydrogen-bond acceptors (Lipinski definition) is 2. The molecule has 0 saturated carbocycles. The standard InChI is InChI=1S/C13H19BrO2/c1-2-3-4-5-6-11(14)7-8-12-9-10-13(15)16-12/h8,12H,2-6,9-10H2,1H3. The second-order valence-corrected chi connectivity index (χ2v) is 5.05. The van der Waals surface area contributed by atoms with Gasteiger partial charge in [0.2, 0.25) is 0 Å². The Kier molecular flexibility index (Phi) is 6.51. The average Bonchev–Trinajstić information content (AvgIpc) is 2.68. The third-order valence-corrected chi connectivity index (χ3v) is 3.22. The summed E-state index contributed by atoms with van der Waals surface area (Å²) in [5.41, 5.74) is 3.15. The van der Waals surface area contributed by atoms with Crippen LogP contribution in [0.1, 0.15) is 51.9 Å². The van der Waals surface area contributed by atoms with Crippen molar-refractivity contribution in [1.29, 1.82) is 0 Å². The van der Waals surface area contributed by atoms with Crippen molar-refractivity contribution in [2.45, 2.75) is 58.0 Å². The molecule has 1 atom stereocenters. The summed E-state index contributed by atoms with van der Waals surface area (Å²) in [6.07, 6.45) is 9.17. The highest BCUT2D eigenvalue weighted by molar-refractivity contribution is 9.11. The largest absolute Gasteiger partial charge is 0.457 e. The highest BCUT2D eigenvalue weighted by atomic mass is 79.9. The van der Waals surface area contributed by atoms with Gasteiger partial charge in [-0.2, -0.15) is 0 Å². The second-order valence-electron chi connectivity index (χ2n) is 4.09. The molecule has 1 unspecified atom stereocenters. The molecule has 0 radical (unpaired) electrons. The molecule has 0 aliphatic carbocycles. The molecule has 0 amide bonds. The van der Waals surface area contributed by atoms with Crippen LogP contribution in [0.3, 0.4) is 0 Å². The van der Waals surface area contributed by atoms with Crippen LogP contribution in [-0.4, -0.2) is 12.1 Å². The highest BCUT2D eigenvalue weighted by Crippen LogP contribution is 2.17. The Bertz CT molecular complexity index is 290. The van der Waals surface area contributed by atoms with E-state index in [-0.39, 0.29) is 12.1 Å². The van der Waals surface area contributed by atoms with Crippen LogP contribution in [0.2, 0.25) is 0 Å². The van der Waals surface area contributed by atoms with Crippen LogP contribution in [-0.2, 0) is 9.53 Å². The minimum absolute atomic E-state index is 0.0595. The molecule has 1 heterocycles. The Balaban J connectivity index is 2.26. The summed E-state index contributed by atoms with van der Waals surface area (Å²) in [7, 11) is 0. The van der Waals surface area contributed by atoms with Gasteiger partial charge in [-0.05, 0) is 41.3 Å². The number of halogens is 1. The SMILES string of the molecule is CCCCCCC(Br)=C=CC1CCC(=O)O1. The molecule has 16 heavy (non-hydrogen) atoms. The molecule has 0 aromatic rings. The molecular formula is C13H19BrO2. The molecule has 3 heteroatoms. The lowest BCUT2D eigenvalue weighted by Crippen LogP contribution is -2.01. The third kappa shape index (κ3) is 5.53. The smallest absolute Gasteiger partial charge is 0.306 e. The minimum atomic E-state index is -0.0953. The first-order chi connectivity index (χ1) is 7.72. The second kappa shape index (κ2) is 7.70. The molecule has 0 N–H and O–H groups in total. The number of esters is 1. The molecule has 0 spiro atoms. The van der Waals surface area contributed by atoms with Gasteiger partial charge in [-0.3, -0.25) is 4.79 Å². The van der Waals surface area contributed by atoms with Crippen molar-refractivity contribution in [3.05, 3.63) is 16.3 Å². The number of carbonyl (C=O) groups excluding carboxylic acids is 1. The summed E-state index contributed by atoms with van der Waals surface area (Å²) in [5.74, 6) is -0.0953. The molecule has 1 saturated heterocycles. The zero-order chi connectivity index (χ0) is 11.8. The monoisotopic (exact) mass is 286 g/mol. The van der Waals surface area contributed by atoms with Crippen LogP contribution < -0.4 is 0 Å². The van der Waals surface area contributed by atoms with E-state index in [4.69, 9.17) is 4.74 Å². The third-order valence-electron chi connectivity index (χ3n) is 2.59. The van der Waals surface area contributed by atoms with Gasteiger partial charge in [-0.25, -0.2) is 0 Å². The predicted molar refractivity (Wildman–Crippen MR) is 68.4 cm³/mol. The van der Waals surface area contributed by atoms with E-state index in [2.05, 4.69) is 28.6 Å². The zero-order valence-corrected chi connectivity index (χ0v) is 11.4. The number of rotatable bonds is 6. The van der Waals surface area contributed by atoms with E-state index in [0.717, 1.165) is 17.3 Å². The fraction of sp³-hybridized carbons (Fsp3) is 0.692. The fourth-order valence-electron chi connectivity index (χ4n) is 1.63. The minimum Gasteiger partial charge on any atom is -0.457 e. The van der Waals surface area contributed by atoms with Crippen molar-refractivity contribution in [2.75, 3.05) is 0 Å². The lowest BCUT2D eigenvalue weighted by atomic mass is 10.1. The van der Waals surface area contributed by atoms with E-state index < -0.39 is 0 Å². The summed E-state index contributed by atoms with van der Waals surface area (Å²) in [4.78, 5) is 10.9. The quantitative estimate of drug-likeness (QED) is 0.418. The molecular weight excluding hydrogens is 268 g/mol. The average molecular weight is 287 g/mol. The summed E-state index contributed by atoms with van der Waals surface area (Å²) in [5, 5.41) is 0. The van der Waals surface area contributed by atoms with Gasteiger partial charge in [0, 0.05) is 10.9 Å². The van der Waals surface area contributed by atoms with Crippen molar-refractivity contribution >= 4 is 21.9 Å². The van der Waals surface area contributed by atoms with Crippen LogP contribution in [0.5, 0.6) is 0 Å². The van der Waals surface area contributed by atoms with Gasteiger partial charge in [0.05, 0.1) is 0 Å². The van der Waals surface area contributed by atoms with E-state index in [1.807, 2.05) is 6.08 Å². The Morgan fingerprint density at radius 2 is 2.38 bits per heavy atom. The first kappa shape index (κ1) is 13.5. The summed E-state index contributed by atoms with van der Waals surface area (Å²) in [6, 6.07) is 0. The van der Waals surface area contributed by atoms with Gasteiger partial charge in [0.25, 0.3) is 0 Å². The molecule has 0 bridgehead atoms. The van der Waals surface area contributed by atoms with Crippen molar-refractivity contribution in [3.8, 4) is 0 Å². The number of carbonyl (C=O) groups is 1. The first-order valence-electron chi connectivity index (χ1n) is 6.03. The van der Waals surface area contributed by atoms with Crippen molar-refractivity contribution < 1.29 is 9.53 Å². The molecule has 90 valence electrons. The van der Waals surface area contributed by atoms with Crippen molar-refractivity contribution in [3.63, 3.8) is 0 Å². The Morgan fingerprint density at radius 3 is 3.00 bits per heavy atom. The Hall–Kier alpha value is -0.530. The van der Waals surface area contributed by atoms with E-state index in [1.54, 1.807) is 0 Å². The summed E-state index contributed by atoms with van der Waals surface area (Å²) < 4.78 is 6.14. The van der Waals surface area contributed by atoms with Crippen molar-refractivity contribution in [2.24, 2.45) is 0 Å². The predicted octanol–water partition coefficient (Wildman–Crippen LogP) is 4.10. The van der Waals surface area contributed by atoms with Crippen LogP contribution >= 0.6 is 15.9 Å². The lowest BCUT2D eigenvalue weighted by molar-refractivity contribution is -0.139. The molecule has 1 fully saturated rings. The van der Waals surface area contributed by atoms with Gasteiger partial charge in [0.1, 0.15) is 6.10 Å². The van der Waals surface area contributed by atoms with Crippen LogP contribution in [0.4, 0.5) is 0 Å². The van der Waals surface area contributed by atoms with Gasteiger partial charge >= 0.3 is 5.97 Å². The van der Waals surface area contributed by atoms with E-state index >= 15 is 0 Å². The number of ether oxygens (including phenoxy) is 1. The molecule has 1 aliphatic heterocycles. The number of unbranched alkanes of at least 4 members (excludes halogenated alkanes) is 3. The normalized spacial score (nSPS) is 19.1. The fourth-order valence-corrected chi connectivity index (χ4v) is 2.04. The van der Waals surface area contributed by atoms with Gasteiger partial charge in [-0.1, -0.05) is 26.2 Å². The summed E-state index contributed by atoms with van der Waals surface area (Å²) >= 11 is 3.49. The Morgan fingerprint density at radius 1 is 1.56 bits per heavy atom. The topological polar surface area (TPSA) is 26.3 Å². The number of cyclic esters (lactones) is 1. The van der Waals surface area contributed by atoms with Crippen LogP contribution in [0, 0.1) is 0 Å². The molecule has 2 nitrogen and oxygen atoms in total. The molecule has 0 aromatic heterocycles. The van der Waals surface area contributed by atoms with Gasteiger partial charge in [-0.15, -0.1) is 5.73 Å². The zero-order valence-electron chi connectivity index (χ0n) is 9.80. The maximum Gasteiger partial charge on any atom is 0.306 e. The summed E-state index contributed by atoms with van der Waals surface area (Å²) in [6.45, 7) is 2.21. The van der Waals surface area contributed by atoms with E-state index in [9.17, 15) is 4.79 Å². The van der Waals surface area contributed by atoms with Gasteiger partial charge < -0.3 is 4.74 Å². The van der Waals surface area contributed by atoms with Crippen LogP contribution in [0.15, 0.2) is 16.3 Å². The highest BCUT2D eigenvalue weighted by Gasteiger charge is 2.20. The van der Waals surface area contributed by atoms with Gasteiger partial charge in [0.15, 0.2) is 0 Å². The number of hydrogen-bond donors (Lipinski definition) is 0. The first-order valence-corrected chi connectivity index (χ1v) is 6.82. The van der Waals surface area contributed by atoms with E-state index in [1.165, 1.54) is 25.7 Å². The molecule has 0 aromatic carbocycles. The maximum absolute atomic E-state index is 10.9. The lowest BCUT2D eigenvalue weighted by Gasteiger charge is -2.00. The molecule has 1 rings (SSSR count). The van der Waals surface area contributed by atoms with E-state index in [0.29, 0.717) is 6.42 Å². The van der Waals surface area contributed by atoms with Crippen LogP contribution in [0.25, 0.3) is 0 Å². The van der Waals surface area contributed by atoms with Crippen molar-refractivity contribution in [1.82, 2.24) is 0 Å². The molecule has 1 aliphatic rings. The maximum atomic E-state index is 10.9. The Labute approximate surface area is 106 Å².